The van der Waals surface area contributed by atoms with Gasteiger partial charge in [-0.25, -0.2) is 0 Å². The van der Waals surface area contributed by atoms with E-state index in [0.717, 1.165) is 38.2 Å². The summed E-state index contributed by atoms with van der Waals surface area (Å²) in [5.41, 5.74) is 2.48. The molecule has 0 aromatic heterocycles. The molecule has 132 valence electrons. The molecule has 1 heterocycles. The Kier molecular flexibility index (Phi) is 5.87. The fourth-order valence-electron chi connectivity index (χ4n) is 3.73. The summed E-state index contributed by atoms with van der Waals surface area (Å²) in [6.07, 6.45) is 0.851. The summed E-state index contributed by atoms with van der Waals surface area (Å²) < 4.78 is 0. The summed E-state index contributed by atoms with van der Waals surface area (Å²) in [6, 6.07) is 21.2. The third-order valence-corrected chi connectivity index (χ3v) is 5.36. The highest BCUT2D eigenvalue weighted by Gasteiger charge is 2.29. The van der Waals surface area contributed by atoms with Gasteiger partial charge in [-0.1, -0.05) is 67.6 Å². The molecule has 0 spiro atoms. The Balaban J connectivity index is 1.61. The van der Waals surface area contributed by atoms with Crippen molar-refractivity contribution in [2.75, 3.05) is 26.2 Å². The molecule has 0 bridgehead atoms. The van der Waals surface area contributed by atoms with Crippen molar-refractivity contribution < 1.29 is 4.79 Å². The summed E-state index contributed by atoms with van der Waals surface area (Å²) in [6.45, 7) is 7.87. The van der Waals surface area contributed by atoms with E-state index in [1.54, 1.807) is 0 Å². The molecule has 25 heavy (non-hydrogen) atoms. The van der Waals surface area contributed by atoms with E-state index in [0.29, 0.717) is 6.04 Å². The smallest absolute Gasteiger partial charge is 0.230 e. The minimum atomic E-state index is -0.0145. The number of hydrogen-bond acceptors (Lipinski definition) is 2. The molecule has 0 radical (unpaired) electrons. The van der Waals surface area contributed by atoms with Crippen molar-refractivity contribution in [2.24, 2.45) is 0 Å². The van der Waals surface area contributed by atoms with Gasteiger partial charge in [0, 0.05) is 32.2 Å². The molecule has 1 fully saturated rings. The van der Waals surface area contributed by atoms with Gasteiger partial charge in [-0.3, -0.25) is 9.69 Å². The molecule has 2 aromatic carbocycles. The number of carbonyl (C=O) groups excluding carboxylic acids is 1. The lowest BCUT2D eigenvalue weighted by Gasteiger charge is -2.39. The fourth-order valence-corrected chi connectivity index (χ4v) is 3.73. The van der Waals surface area contributed by atoms with Gasteiger partial charge in [0.15, 0.2) is 0 Å². The van der Waals surface area contributed by atoms with E-state index in [2.05, 4.69) is 66.1 Å². The summed E-state index contributed by atoms with van der Waals surface area (Å²) in [7, 11) is 0. The van der Waals surface area contributed by atoms with Crippen molar-refractivity contribution in [2.45, 2.75) is 32.2 Å². The van der Waals surface area contributed by atoms with Gasteiger partial charge in [-0.2, -0.15) is 0 Å². The standard InChI is InChI=1S/C22H28N2O/c1-3-21(20-12-8-5-9-13-20)22(25)24-16-14-23(15-17-24)18(2)19-10-6-4-7-11-19/h4-13,18,21H,3,14-17H2,1-2H3. The Morgan fingerprint density at radius 2 is 1.40 bits per heavy atom. The van der Waals surface area contributed by atoms with Crippen LogP contribution in [0.5, 0.6) is 0 Å². The molecule has 2 aromatic rings. The highest BCUT2D eigenvalue weighted by molar-refractivity contribution is 5.83. The van der Waals surface area contributed by atoms with Crippen molar-refractivity contribution in [3.8, 4) is 0 Å². The van der Waals surface area contributed by atoms with Gasteiger partial charge in [0.05, 0.1) is 5.92 Å². The molecule has 3 nitrogen and oxygen atoms in total. The maximum atomic E-state index is 13.0. The normalized spacial score (nSPS) is 17.9. The van der Waals surface area contributed by atoms with Gasteiger partial charge in [0.25, 0.3) is 0 Å². The molecule has 0 N–H and O–H groups in total. The van der Waals surface area contributed by atoms with Gasteiger partial charge in [-0.15, -0.1) is 0 Å². The first-order chi connectivity index (χ1) is 12.2. The van der Waals surface area contributed by atoms with E-state index >= 15 is 0 Å². The lowest BCUT2D eigenvalue weighted by Crippen LogP contribution is -2.50. The van der Waals surface area contributed by atoms with E-state index in [-0.39, 0.29) is 11.8 Å². The zero-order valence-corrected chi connectivity index (χ0v) is 15.3. The molecular weight excluding hydrogens is 308 g/mol. The number of hydrogen-bond donors (Lipinski definition) is 0. The van der Waals surface area contributed by atoms with Crippen LogP contribution in [0, 0.1) is 0 Å². The SMILES string of the molecule is CCC(C(=O)N1CCN(C(C)c2ccccc2)CC1)c1ccccc1. The van der Waals surface area contributed by atoms with E-state index in [4.69, 9.17) is 0 Å². The minimum Gasteiger partial charge on any atom is -0.340 e. The van der Waals surface area contributed by atoms with Crippen molar-refractivity contribution in [3.63, 3.8) is 0 Å². The molecule has 3 heteroatoms. The molecule has 1 aliphatic heterocycles. The van der Waals surface area contributed by atoms with Crippen LogP contribution < -0.4 is 0 Å². The maximum absolute atomic E-state index is 13.0. The summed E-state index contributed by atoms with van der Waals surface area (Å²) in [4.78, 5) is 17.5. The molecule has 3 rings (SSSR count). The van der Waals surface area contributed by atoms with Crippen LogP contribution in [0.3, 0.4) is 0 Å². The van der Waals surface area contributed by atoms with Gasteiger partial charge < -0.3 is 4.90 Å². The Morgan fingerprint density at radius 3 is 1.92 bits per heavy atom. The summed E-state index contributed by atoms with van der Waals surface area (Å²) in [5.74, 6) is 0.264. The van der Waals surface area contributed by atoms with Gasteiger partial charge in [-0.05, 0) is 24.5 Å². The van der Waals surface area contributed by atoms with Crippen molar-refractivity contribution in [1.82, 2.24) is 9.80 Å². The first-order valence-electron chi connectivity index (χ1n) is 9.33. The minimum absolute atomic E-state index is 0.0145. The van der Waals surface area contributed by atoms with E-state index in [9.17, 15) is 4.79 Å². The second-order valence-electron chi connectivity index (χ2n) is 6.82. The topological polar surface area (TPSA) is 23.6 Å². The Hall–Kier alpha value is -2.13. The summed E-state index contributed by atoms with van der Waals surface area (Å²) in [5, 5.41) is 0. The quantitative estimate of drug-likeness (QED) is 0.821. The highest BCUT2D eigenvalue weighted by Crippen LogP contribution is 2.25. The van der Waals surface area contributed by atoms with Crippen LogP contribution >= 0.6 is 0 Å². The van der Waals surface area contributed by atoms with Gasteiger partial charge in [0.1, 0.15) is 0 Å². The second kappa shape index (κ2) is 8.30. The van der Waals surface area contributed by atoms with Gasteiger partial charge >= 0.3 is 0 Å². The number of piperazine rings is 1. The van der Waals surface area contributed by atoms with Crippen molar-refractivity contribution >= 4 is 5.91 Å². The average Bonchev–Trinajstić information content (AvgIpc) is 2.69. The van der Waals surface area contributed by atoms with E-state index in [1.807, 2.05) is 18.2 Å². The van der Waals surface area contributed by atoms with Crippen LogP contribution in [0.15, 0.2) is 60.7 Å². The van der Waals surface area contributed by atoms with Crippen LogP contribution in [0.1, 0.15) is 43.4 Å². The molecule has 0 aliphatic carbocycles. The lowest BCUT2D eigenvalue weighted by atomic mass is 9.94. The first kappa shape index (κ1) is 17.7. The third kappa shape index (κ3) is 4.10. The van der Waals surface area contributed by atoms with E-state index < -0.39 is 0 Å². The van der Waals surface area contributed by atoms with Crippen LogP contribution in [-0.2, 0) is 4.79 Å². The average molecular weight is 336 g/mol. The predicted molar refractivity (Wildman–Crippen MR) is 102 cm³/mol. The first-order valence-corrected chi connectivity index (χ1v) is 9.33. The van der Waals surface area contributed by atoms with Crippen LogP contribution in [0.25, 0.3) is 0 Å². The number of amides is 1. The van der Waals surface area contributed by atoms with Crippen molar-refractivity contribution in [1.29, 1.82) is 0 Å². The Morgan fingerprint density at radius 1 is 0.880 bits per heavy atom. The lowest BCUT2D eigenvalue weighted by molar-refractivity contribution is -0.135. The zero-order chi connectivity index (χ0) is 17.6. The molecule has 1 saturated heterocycles. The molecule has 2 atom stereocenters. The predicted octanol–water partition coefficient (Wildman–Crippen LogP) is 4.09. The monoisotopic (exact) mass is 336 g/mol. The van der Waals surface area contributed by atoms with Gasteiger partial charge in [0.2, 0.25) is 5.91 Å². The largest absolute Gasteiger partial charge is 0.340 e. The van der Waals surface area contributed by atoms with Crippen LogP contribution in [0.4, 0.5) is 0 Å². The number of carbonyl (C=O) groups is 1. The second-order valence-corrected chi connectivity index (χ2v) is 6.82. The maximum Gasteiger partial charge on any atom is 0.230 e. The molecule has 1 aliphatic rings. The highest BCUT2D eigenvalue weighted by atomic mass is 16.2. The van der Waals surface area contributed by atoms with Crippen molar-refractivity contribution in [3.05, 3.63) is 71.8 Å². The zero-order valence-electron chi connectivity index (χ0n) is 15.3. The third-order valence-electron chi connectivity index (χ3n) is 5.36. The number of nitrogens with zero attached hydrogens (tertiary/aromatic N) is 2. The summed E-state index contributed by atoms with van der Waals surface area (Å²) >= 11 is 0. The molecular formula is C22H28N2O. The Labute approximate surface area is 151 Å². The number of rotatable bonds is 5. The van der Waals surface area contributed by atoms with Crippen LogP contribution in [-0.4, -0.2) is 41.9 Å². The molecule has 1 amide bonds. The Bertz CT molecular complexity index is 663. The van der Waals surface area contributed by atoms with E-state index in [1.165, 1.54) is 5.56 Å². The number of benzene rings is 2. The molecule has 2 unspecified atom stereocenters. The fraction of sp³-hybridized carbons (Fsp3) is 0.409. The van der Waals surface area contributed by atoms with Crippen LogP contribution in [0.2, 0.25) is 0 Å². The molecule has 0 saturated carbocycles.